The predicted molar refractivity (Wildman–Crippen MR) is 145 cm³/mol. The van der Waals surface area contributed by atoms with E-state index in [1.807, 2.05) is 80.5 Å². The van der Waals surface area contributed by atoms with E-state index in [-0.39, 0.29) is 12.0 Å². The molecule has 4 nitrogen and oxygen atoms in total. The van der Waals surface area contributed by atoms with Crippen molar-refractivity contribution in [3.8, 4) is 11.5 Å². The van der Waals surface area contributed by atoms with Gasteiger partial charge in [-0.15, -0.1) is 0 Å². The molecule has 0 unspecified atom stereocenters. The average molecular weight is 493 g/mol. The molecular weight excluding hydrogens is 448 g/mol. The Morgan fingerprint density at radius 3 is 2.15 bits per heavy atom. The molecule has 0 amide bonds. The van der Waals surface area contributed by atoms with Crippen molar-refractivity contribution >= 4 is 17.6 Å². The quantitative estimate of drug-likeness (QED) is 0.438. The monoisotopic (exact) mass is 492 g/mol. The van der Waals surface area contributed by atoms with Crippen LogP contribution in [0.4, 0.5) is 0 Å². The molecule has 3 rings (SSSR count). The lowest BCUT2D eigenvalue weighted by molar-refractivity contribution is -0.136. The van der Waals surface area contributed by atoms with Gasteiger partial charge in [0.25, 0.3) is 0 Å². The van der Waals surface area contributed by atoms with Crippen molar-refractivity contribution in [1.82, 2.24) is 0 Å². The summed E-state index contributed by atoms with van der Waals surface area (Å²) in [6.45, 7) is 22.5. The van der Waals surface area contributed by atoms with Crippen LogP contribution in [0.15, 0.2) is 18.2 Å². The second-order valence-electron chi connectivity index (χ2n) is 8.21. The molecule has 1 N–H and O–H groups in total. The molecule has 0 bridgehead atoms. The number of ether oxygens (including phenoxy) is 2. The number of fused-ring (bicyclic) bond motifs is 1. The Kier molecular flexibility index (Phi) is 14.0. The molecule has 0 radical (unpaired) electrons. The van der Waals surface area contributed by atoms with Crippen molar-refractivity contribution in [2.45, 2.75) is 108 Å². The number of hydrogen-bond acceptors (Lipinski definition) is 3. The molecule has 0 saturated carbocycles. The zero-order valence-corrected chi connectivity index (χ0v) is 23.9. The molecule has 0 fully saturated rings. The van der Waals surface area contributed by atoms with Crippen LogP contribution in [0.1, 0.15) is 95.2 Å². The lowest BCUT2D eigenvalue weighted by Crippen LogP contribution is -2.25. The fourth-order valence-corrected chi connectivity index (χ4v) is 4.13. The molecule has 0 atom stereocenters. The molecule has 1 heterocycles. The van der Waals surface area contributed by atoms with Crippen LogP contribution in [0.2, 0.25) is 5.02 Å². The second kappa shape index (κ2) is 14.9. The Bertz CT molecular complexity index is 932. The van der Waals surface area contributed by atoms with Crippen LogP contribution in [0.5, 0.6) is 11.5 Å². The predicted octanol–water partition coefficient (Wildman–Crippen LogP) is 8.65. The van der Waals surface area contributed by atoms with E-state index >= 15 is 0 Å². The van der Waals surface area contributed by atoms with Crippen molar-refractivity contribution in [2.24, 2.45) is 0 Å². The Morgan fingerprint density at radius 2 is 1.59 bits per heavy atom. The van der Waals surface area contributed by atoms with Gasteiger partial charge in [0.15, 0.2) is 0 Å². The standard InChI is InChI=1S/C23H27ClO4.3C2H6/c1-13-8-16(6-7-20(25)26)14(2)15(3)21(13)27-12-18-10-19(24)9-17-11-23(4,5)28-22(17)18;3*1-2/h8-10H,6-7,11-12H2,1-5H3,(H,25,26);3*1-2H3. The number of benzene rings is 2. The van der Waals surface area contributed by atoms with E-state index in [4.69, 9.17) is 26.2 Å². The van der Waals surface area contributed by atoms with E-state index in [1.54, 1.807) is 0 Å². The zero-order chi connectivity index (χ0) is 26.6. The number of rotatable bonds is 6. The molecule has 0 aromatic heterocycles. The number of hydrogen-bond donors (Lipinski definition) is 1. The number of halogens is 1. The van der Waals surface area contributed by atoms with E-state index < -0.39 is 5.97 Å². The third kappa shape index (κ3) is 8.54. The first-order valence-corrected chi connectivity index (χ1v) is 12.9. The molecule has 0 aliphatic carbocycles. The van der Waals surface area contributed by atoms with Crippen LogP contribution in [0.3, 0.4) is 0 Å². The molecule has 5 heteroatoms. The van der Waals surface area contributed by atoms with Crippen molar-refractivity contribution < 1.29 is 19.4 Å². The first kappa shape index (κ1) is 31.8. The van der Waals surface area contributed by atoms with E-state index in [0.29, 0.717) is 18.1 Å². The Morgan fingerprint density at radius 1 is 1.00 bits per heavy atom. The minimum Gasteiger partial charge on any atom is -0.488 e. The first-order chi connectivity index (χ1) is 16.1. The molecule has 2 aromatic carbocycles. The van der Waals surface area contributed by atoms with E-state index in [0.717, 1.165) is 51.3 Å². The summed E-state index contributed by atoms with van der Waals surface area (Å²) < 4.78 is 12.3. The molecule has 34 heavy (non-hydrogen) atoms. The van der Waals surface area contributed by atoms with Crippen LogP contribution in [-0.4, -0.2) is 16.7 Å². The highest BCUT2D eigenvalue weighted by Crippen LogP contribution is 2.40. The van der Waals surface area contributed by atoms with Crippen molar-refractivity contribution in [3.05, 3.63) is 56.6 Å². The summed E-state index contributed by atoms with van der Waals surface area (Å²) in [4.78, 5) is 10.9. The third-order valence-corrected chi connectivity index (χ3v) is 5.53. The van der Waals surface area contributed by atoms with Gasteiger partial charge in [0, 0.05) is 23.4 Å². The van der Waals surface area contributed by atoms with Gasteiger partial charge in [-0.2, -0.15) is 0 Å². The fraction of sp³-hybridized carbons (Fsp3) is 0.552. The maximum atomic E-state index is 10.9. The maximum absolute atomic E-state index is 10.9. The van der Waals surface area contributed by atoms with Gasteiger partial charge in [0.05, 0.1) is 0 Å². The first-order valence-electron chi connectivity index (χ1n) is 12.5. The van der Waals surface area contributed by atoms with Gasteiger partial charge >= 0.3 is 5.97 Å². The highest BCUT2D eigenvalue weighted by Gasteiger charge is 2.32. The van der Waals surface area contributed by atoms with Crippen LogP contribution >= 0.6 is 11.6 Å². The summed E-state index contributed by atoms with van der Waals surface area (Å²) in [6, 6.07) is 5.90. The SMILES string of the molecule is CC.CC.CC.Cc1cc(CCC(=O)O)c(C)c(C)c1OCc1cc(Cl)cc2c1OC(C)(C)C2. The minimum atomic E-state index is -0.784. The van der Waals surface area contributed by atoms with E-state index in [2.05, 4.69) is 13.8 Å². The highest BCUT2D eigenvalue weighted by atomic mass is 35.5. The lowest BCUT2D eigenvalue weighted by Gasteiger charge is -2.20. The van der Waals surface area contributed by atoms with E-state index in [1.165, 1.54) is 0 Å². The normalized spacial score (nSPS) is 12.5. The number of aliphatic carboxylic acids is 1. The molecule has 2 aromatic rings. The van der Waals surface area contributed by atoms with Crippen LogP contribution in [0, 0.1) is 20.8 Å². The Balaban J connectivity index is 0.00000168. The third-order valence-electron chi connectivity index (χ3n) is 5.32. The van der Waals surface area contributed by atoms with Crippen molar-refractivity contribution in [1.29, 1.82) is 0 Å². The second-order valence-corrected chi connectivity index (χ2v) is 8.64. The van der Waals surface area contributed by atoms with Gasteiger partial charge in [-0.25, -0.2) is 0 Å². The molecule has 1 aliphatic rings. The Hall–Kier alpha value is -2.20. The highest BCUT2D eigenvalue weighted by molar-refractivity contribution is 6.30. The largest absolute Gasteiger partial charge is 0.488 e. The summed E-state index contributed by atoms with van der Waals surface area (Å²) in [7, 11) is 0. The van der Waals surface area contributed by atoms with Crippen molar-refractivity contribution in [2.75, 3.05) is 0 Å². The average Bonchev–Trinajstić information content (AvgIpc) is 3.12. The summed E-state index contributed by atoms with van der Waals surface area (Å²) in [5.74, 6) is 0.926. The maximum Gasteiger partial charge on any atom is 0.303 e. The molecule has 0 spiro atoms. The van der Waals surface area contributed by atoms with Crippen LogP contribution in [-0.2, 0) is 24.2 Å². The minimum absolute atomic E-state index is 0.127. The molecule has 0 saturated heterocycles. The fourth-order valence-electron chi connectivity index (χ4n) is 3.87. The van der Waals surface area contributed by atoms with Crippen LogP contribution < -0.4 is 9.47 Å². The summed E-state index contributed by atoms with van der Waals surface area (Å²) in [6.07, 6.45) is 1.47. The van der Waals surface area contributed by atoms with Gasteiger partial charge in [-0.1, -0.05) is 59.2 Å². The number of aryl methyl sites for hydroxylation is 2. The zero-order valence-electron chi connectivity index (χ0n) is 23.1. The summed E-state index contributed by atoms with van der Waals surface area (Å²) >= 11 is 6.31. The van der Waals surface area contributed by atoms with Gasteiger partial charge in [-0.05, 0) is 81.0 Å². The molecule has 1 aliphatic heterocycles. The van der Waals surface area contributed by atoms with Gasteiger partial charge < -0.3 is 14.6 Å². The molecular formula is C29H45ClO4. The van der Waals surface area contributed by atoms with Gasteiger partial charge in [0.1, 0.15) is 23.7 Å². The summed E-state index contributed by atoms with van der Waals surface area (Å²) in [5, 5.41) is 9.65. The van der Waals surface area contributed by atoms with Gasteiger partial charge in [0.2, 0.25) is 0 Å². The Labute approximate surface area is 212 Å². The number of carboxylic acid groups (broad SMARTS) is 1. The lowest BCUT2D eigenvalue weighted by atomic mass is 9.95. The van der Waals surface area contributed by atoms with Crippen LogP contribution in [0.25, 0.3) is 0 Å². The topological polar surface area (TPSA) is 55.8 Å². The molecule has 192 valence electrons. The number of carboxylic acids is 1. The van der Waals surface area contributed by atoms with Gasteiger partial charge in [-0.3, -0.25) is 4.79 Å². The summed E-state index contributed by atoms with van der Waals surface area (Å²) in [5.41, 5.74) is 6.00. The number of carbonyl (C=O) groups is 1. The smallest absolute Gasteiger partial charge is 0.303 e. The van der Waals surface area contributed by atoms with Crippen molar-refractivity contribution in [3.63, 3.8) is 0 Å². The van der Waals surface area contributed by atoms with E-state index in [9.17, 15) is 4.79 Å².